The molecule has 1 aromatic carbocycles. The van der Waals surface area contributed by atoms with Gasteiger partial charge in [0.1, 0.15) is 10.7 Å². The third kappa shape index (κ3) is 5.99. The molecule has 2 aromatic heterocycles. The number of aromatic amines is 1. The zero-order chi connectivity index (χ0) is 20.5. The summed E-state index contributed by atoms with van der Waals surface area (Å²) in [5, 5.41) is 5.70. The van der Waals surface area contributed by atoms with E-state index >= 15 is 0 Å². The van der Waals surface area contributed by atoms with Crippen molar-refractivity contribution < 1.29 is 9.59 Å². The maximum Gasteiger partial charge on any atom is 0.263 e. The molecule has 7 nitrogen and oxygen atoms in total. The Kier molecular flexibility index (Phi) is 7.52. The standard InChI is InChI=1S/C21H25N5O2S/c1-22-19(27)11-7-3-6-10-16(26-21(28)18-13-23-14-29-18)20-24-12-17(25-20)15-8-4-2-5-9-15/h2,4-5,8-9,12-14,16H,3,6-7,10-11H2,1H3,(H,22,27)(H,24,25)(H,26,28)/t16-/m0/s1. The summed E-state index contributed by atoms with van der Waals surface area (Å²) in [6, 6.07) is 9.72. The summed E-state index contributed by atoms with van der Waals surface area (Å²) in [4.78, 5) is 36.3. The smallest absolute Gasteiger partial charge is 0.263 e. The number of thiazole rings is 1. The van der Waals surface area contributed by atoms with Gasteiger partial charge in [0, 0.05) is 13.5 Å². The van der Waals surface area contributed by atoms with Crippen LogP contribution in [0.2, 0.25) is 0 Å². The van der Waals surface area contributed by atoms with Crippen LogP contribution in [-0.4, -0.2) is 33.8 Å². The van der Waals surface area contributed by atoms with Crippen LogP contribution in [0.5, 0.6) is 0 Å². The molecule has 152 valence electrons. The number of nitrogens with one attached hydrogen (secondary N) is 3. The first kappa shape index (κ1) is 20.7. The quantitative estimate of drug-likeness (QED) is 0.443. The third-order valence-corrected chi connectivity index (χ3v) is 5.42. The van der Waals surface area contributed by atoms with Gasteiger partial charge in [0.2, 0.25) is 5.91 Å². The van der Waals surface area contributed by atoms with Gasteiger partial charge in [-0.3, -0.25) is 14.6 Å². The van der Waals surface area contributed by atoms with E-state index in [-0.39, 0.29) is 17.9 Å². The second-order valence-corrected chi connectivity index (χ2v) is 7.60. The van der Waals surface area contributed by atoms with Crippen molar-refractivity contribution in [3.63, 3.8) is 0 Å². The van der Waals surface area contributed by atoms with Crippen LogP contribution in [0.15, 0.2) is 48.2 Å². The lowest BCUT2D eigenvalue weighted by Gasteiger charge is -2.16. The number of hydrogen-bond donors (Lipinski definition) is 3. The van der Waals surface area contributed by atoms with Crippen molar-refractivity contribution in [1.29, 1.82) is 0 Å². The summed E-state index contributed by atoms with van der Waals surface area (Å²) in [6.07, 6.45) is 7.23. The average Bonchev–Trinajstić information content (AvgIpc) is 3.45. The first-order valence-electron chi connectivity index (χ1n) is 9.67. The highest BCUT2D eigenvalue weighted by molar-refractivity contribution is 7.11. The van der Waals surface area contributed by atoms with E-state index in [1.165, 1.54) is 11.3 Å². The van der Waals surface area contributed by atoms with E-state index < -0.39 is 0 Å². The number of carbonyl (C=O) groups excluding carboxylic acids is 2. The third-order valence-electron chi connectivity index (χ3n) is 4.65. The van der Waals surface area contributed by atoms with Gasteiger partial charge in [-0.05, 0) is 18.4 Å². The first-order chi connectivity index (χ1) is 14.2. The monoisotopic (exact) mass is 411 g/mol. The van der Waals surface area contributed by atoms with Gasteiger partial charge in [-0.2, -0.15) is 0 Å². The highest BCUT2D eigenvalue weighted by atomic mass is 32.1. The summed E-state index contributed by atoms with van der Waals surface area (Å²) < 4.78 is 0. The summed E-state index contributed by atoms with van der Waals surface area (Å²) in [7, 11) is 1.65. The van der Waals surface area contributed by atoms with Gasteiger partial charge in [0.05, 0.1) is 29.6 Å². The highest BCUT2D eigenvalue weighted by Crippen LogP contribution is 2.23. The van der Waals surface area contributed by atoms with Crippen LogP contribution in [-0.2, 0) is 4.79 Å². The van der Waals surface area contributed by atoms with Crippen LogP contribution in [0, 0.1) is 0 Å². The Morgan fingerprint density at radius 3 is 2.69 bits per heavy atom. The Labute approximate surface area is 174 Å². The number of imidazole rings is 1. The number of hydrogen-bond acceptors (Lipinski definition) is 5. The second-order valence-electron chi connectivity index (χ2n) is 6.71. The Balaban J connectivity index is 1.66. The van der Waals surface area contributed by atoms with Crippen LogP contribution in [0.3, 0.4) is 0 Å². The fraction of sp³-hybridized carbons (Fsp3) is 0.333. The van der Waals surface area contributed by atoms with Crippen molar-refractivity contribution in [2.24, 2.45) is 0 Å². The number of benzene rings is 1. The zero-order valence-corrected chi connectivity index (χ0v) is 17.2. The van der Waals surface area contributed by atoms with Crippen molar-refractivity contribution in [2.45, 2.75) is 38.1 Å². The van der Waals surface area contributed by atoms with E-state index in [2.05, 4.69) is 25.6 Å². The number of H-pyrrole nitrogens is 1. The summed E-state index contributed by atoms with van der Waals surface area (Å²) in [5.74, 6) is 0.632. The van der Waals surface area contributed by atoms with E-state index in [0.29, 0.717) is 11.3 Å². The van der Waals surface area contributed by atoms with Crippen LogP contribution in [0.1, 0.15) is 53.6 Å². The summed E-state index contributed by atoms with van der Waals surface area (Å²) in [6.45, 7) is 0. The fourth-order valence-corrected chi connectivity index (χ4v) is 3.57. The van der Waals surface area contributed by atoms with Crippen molar-refractivity contribution in [3.8, 4) is 11.3 Å². The number of aromatic nitrogens is 3. The lowest BCUT2D eigenvalue weighted by atomic mass is 10.1. The van der Waals surface area contributed by atoms with Gasteiger partial charge in [-0.25, -0.2) is 4.98 Å². The molecule has 3 rings (SSSR count). The van der Waals surface area contributed by atoms with Crippen molar-refractivity contribution in [3.05, 3.63) is 58.9 Å². The van der Waals surface area contributed by atoms with Crippen LogP contribution in [0.4, 0.5) is 0 Å². The van der Waals surface area contributed by atoms with E-state index in [1.54, 1.807) is 25.0 Å². The molecule has 2 heterocycles. The number of rotatable bonds is 10. The van der Waals surface area contributed by atoms with Crippen molar-refractivity contribution >= 4 is 23.2 Å². The lowest BCUT2D eigenvalue weighted by molar-refractivity contribution is -0.120. The highest BCUT2D eigenvalue weighted by Gasteiger charge is 2.19. The molecule has 0 unspecified atom stereocenters. The number of unbranched alkanes of at least 4 members (excludes halogenated alkanes) is 2. The summed E-state index contributed by atoms with van der Waals surface area (Å²) >= 11 is 1.31. The maximum absolute atomic E-state index is 12.5. The molecule has 0 aliphatic rings. The van der Waals surface area contributed by atoms with Gasteiger partial charge < -0.3 is 15.6 Å². The molecule has 0 saturated heterocycles. The average molecular weight is 412 g/mol. The van der Waals surface area contributed by atoms with Gasteiger partial charge in [0.15, 0.2) is 0 Å². The number of nitrogens with zero attached hydrogens (tertiary/aromatic N) is 2. The Bertz CT molecular complexity index is 908. The van der Waals surface area contributed by atoms with Crippen LogP contribution >= 0.6 is 11.3 Å². The minimum atomic E-state index is -0.234. The molecule has 8 heteroatoms. The van der Waals surface area contributed by atoms with Gasteiger partial charge >= 0.3 is 0 Å². The second kappa shape index (κ2) is 10.5. The minimum absolute atomic E-state index is 0.0542. The van der Waals surface area contributed by atoms with Crippen LogP contribution in [0.25, 0.3) is 11.3 Å². The van der Waals surface area contributed by atoms with Gasteiger partial charge in [-0.15, -0.1) is 11.3 Å². The topological polar surface area (TPSA) is 99.8 Å². The van der Waals surface area contributed by atoms with E-state index in [0.717, 1.165) is 42.8 Å². The fourth-order valence-electron chi connectivity index (χ4n) is 3.05. The molecule has 0 radical (unpaired) electrons. The SMILES string of the molecule is CNC(=O)CCCCC[C@H](NC(=O)c1cncs1)c1ncc(-c2ccccc2)[nH]1. The minimum Gasteiger partial charge on any atom is -0.359 e. The Morgan fingerprint density at radius 2 is 1.97 bits per heavy atom. The predicted octanol–water partition coefficient (Wildman–Crippen LogP) is 3.70. The van der Waals surface area contributed by atoms with Gasteiger partial charge in [0.25, 0.3) is 5.91 Å². The Morgan fingerprint density at radius 1 is 1.14 bits per heavy atom. The van der Waals surface area contributed by atoms with E-state index in [1.807, 2.05) is 30.3 Å². The number of amides is 2. The van der Waals surface area contributed by atoms with Crippen molar-refractivity contribution in [2.75, 3.05) is 7.05 Å². The largest absolute Gasteiger partial charge is 0.359 e. The normalized spacial score (nSPS) is 11.8. The zero-order valence-electron chi connectivity index (χ0n) is 16.4. The molecule has 0 aliphatic heterocycles. The molecule has 3 aromatic rings. The van der Waals surface area contributed by atoms with Gasteiger partial charge in [-0.1, -0.05) is 43.2 Å². The number of carbonyl (C=O) groups is 2. The maximum atomic E-state index is 12.5. The molecule has 0 fully saturated rings. The molecule has 2 amide bonds. The molecule has 3 N–H and O–H groups in total. The lowest BCUT2D eigenvalue weighted by Crippen LogP contribution is -2.28. The predicted molar refractivity (Wildman–Crippen MR) is 113 cm³/mol. The molecule has 0 spiro atoms. The molecule has 0 aliphatic carbocycles. The molecular weight excluding hydrogens is 386 g/mol. The molecular formula is C21H25N5O2S. The molecule has 29 heavy (non-hydrogen) atoms. The molecule has 0 bridgehead atoms. The Hall–Kier alpha value is -3.00. The molecule has 1 atom stereocenters. The first-order valence-corrected chi connectivity index (χ1v) is 10.6. The van der Waals surface area contributed by atoms with Crippen molar-refractivity contribution in [1.82, 2.24) is 25.6 Å². The van der Waals surface area contributed by atoms with E-state index in [4.69, 9.17) is 0 Å². The molecule has 0 saturated carbocycles. The summed E-state index contributed by atoms with van der Waals surface area (Å²) in [5.41, 5.74) is 3.60. The van der Waals surface area contributed by atoms with Crippen LogP contribution < -0.4 is 10.6 Å². The van der Waals surface area contributed by atoms with E-state index in [9.17, 15) is 9.59 Å².